The van der Waals surface area contributed by atoms with Crippen LogP contribution < -0.4 is 0 Å². The quantitative estimate of drug-likeness (QED) is 0.739. The Morgan fingerprint density at radius 3 is 2.30 bits per heavy atom. The molecule has 4 nitrogen and oxygen atoms in total. The number of hydrogen-bond acceptors (Lipinski definition) is 3. The van der Waals surface area contributed by atoms with Gasteiger partial charge in [0.15, 0.2) is 5.78 Å². The number of nitrogens with zero attached hydrogens (tertiary/aromatic N) is 2. The van der Waals surface area contributed by atoms with Crippen LogP contribution in [0.1, 0.15) is 51.9 Å². The second-order valence-electron chi connectivity index (χ2n) is 4.88. The fourth-order valence-electron chi connectivity index (χ4n) is 2.55. The Balaban J connectivity index is 3.09. The molecule has 0 aliphatic carbocycles. The lowest BCUT2D eigenvalue weighted by Gasteiger charge is -2.28. The van der Waals surface area contributed by atoms with Crippen LogP contribution in [0.15, 0.2) is 0 Å². The number of aromatic nitrogens is 2. The van der Waals surface area contributed by atoms with Crippen LogP contribution in [-0.4, -0.2) is 28.3 Å². The van der Waals surface area contributed by atoms with Crippen molar-refractivity contribution >= 4 is 17.4 Å². The molecule has 0 N–H and O–H groups in total. The largest absolute Gasteiger partial charge is 0.370 e. The SMILES string of the molecule is CCc1nn(CC)c(CC(=O)C(CC)(CC)OC)c1Cl. The van der Waals surface area contributed by atoms with E-state index >= 15 is 0 Å². The van der Waals surface area contributed by atoms with Crippen molar-refractivity contribution < 1.29 is 9.53 Å². The first-order valence-corrected chi connectivity index (χ1v) is 7.69. The molecule has 1 heterocycles. The first kappa shape index (κ1) is 17.2. The molecule has 0 saturated carbocycles. The van der Waals surface area contributed by atoms with Crippen molar-refractivity contribution in [1.82, 2.24) is 9.78 Å². The van der Waals surface area contributed by atoms with Crippen LogP contribution in [0.2, 0.25) is 5.02 Å². The molecular weight excluding hydrogens is 276 g/mol. The first-order valence-electron chi connectivity index (χ1n) is 7.32. The number of aryl methyl sites for hydroxylation is 2. The molecule has 114 valence electrons. The summed E-state index contributed by atoms with van der Waals surface area (Å²) >= 11 is 6.36. The molecule has 0 unspecified atom stereocenters. The topological polar surface area (TPSA) is 44.1 Å². The molecule has 1 aromatic heterocycles. The Hall–Kier alpha value is -0.870. The van der Waals surface area contributed by atoms with Gasteiger partial charge in [0.2, 0.25) is 0 Å². The maximum absolute atomic E-state index is 12.6. The Morgan fingerprint density at radius 1 is 1.30 bits per heavy atom. The van der Waals surface area contributed by atoms with E-state index in [4.69, 9.17) is 16.3 Å². The molecular formula is C15H25ClN2O2. The van der Waals surface area contributed by atoms with Gasteiger partial charge in [-0.3, -0.25) is 9.48 Å². The summed E-state index contributed by atoms with van der Waals surface area (Å²) in [6, 6.07) is 0. The number of carbonyl (C=O) groups is 1. The van der Waals surface area contributed by atoms with E-state index in [2.05, 4.69) is 5.10 Å². The number of halogens is 1. The predicted octanol–water partition coefficient (Wildman–Crippen LogP) is 3.44. The van der Waals surface area contributed by atoms with Crippen LogP contribution in [0.5, 0.6) is 0 Å². The highest BCUT2D eigenvalue weighted by Crippen LogP contribution is 2.27. The average Bonchev–Trinajstić information content (AvgIpc) is 2.78. The van der Waals surface area contributed by atoms with Crippen molar-refractivity contribution in [2.75, 3.05) is 7.11 Å². The van der Waals surface area contributed by atoms with Crippen LogP contribution in [-0.2, 0) is 28.9 Å². The lowest BCUT2D eigenvalue weighted by Crippen LogP contribution is -2.41. The zero-order valence-electron chi connectivity index (χ0n) is 13.1. The van der Waals surface area contributed by atoms with Crippen molar-refractivity contribution in [3.05, 3.63) is 16.4 Å². The minimum absolute atomic E-state index is 0.0733. The van der Waals surface area contributed by atoms with Crippen molar-refractivity contribution in [2.24, 2.45) is 0 Å². The Morgan fingerprint density at radius 2 is 1.90 bits per heavy atom. The van der Waals surface area contributed by atoms with Gasteiger partial charge in [0.05, 0.1) is 22.8 Å². The summed E-state index contributed by atoms with van der Waals surface area (Å²) in [6.45, 7) is 8.67. The smallest absolute Gasteiger partial charge is 0.170 e. The van der Waals surface area contributed by atoms with E-state index in [-0.39, 0.29) is 12.2 Å². The summed E-state index contributed by atoms with van der Waals surface area (Å²) in [5.41, 5.74) is 0.949. The van der Waals surface area contributed by atoms with E-state index in [0.717, 1.165) is 17.8 Å². The summed E-state index contributed by atoms with van der Waals surface area (Å²) in [4.78, 5) is 12.6. The van der Waals surface area contributed by atoms with Gasteiger partial charge >= 0.3 is 0 Å². The third kappa shape index (κ3) is 3.07. The highest BCUT2D eigenvalue weighted by atomic mass is 35.5. The second kappa shape index (κ2) is 7.23. The molecule has 0 radical (unpaired) electrons. The van der Waals surface area contributed by atoms with E-state index in [0.29, 0.717) is 24.4 Å². The summed E-state index contributed by atoms with van der Waals surface area (Å²) in [6.07, 6.45) is 2.37. The van der Waals surface area contributed by atoms with Crippen molar-refractivity contribution in [1.29, 1.82) is 0 Å². The maximum Gasteiger partial charge on any atom is 0.170 e. The number of hydrogen-bond donors (Lipinski definition) is 0. The third-order valence-corrected chi connectivity index (χ3v) is 4.50. The van der Waals surface area contributed by atoms with Gasteiger partial charge in [-0.05, 0) is 26.2 Å². The van der Waals surface area contributed by atoms with Crippen LogP contribution in [0.3, 0.4) is 0 Å². The van der Waals surface area contributed by atoms with Gasteiger partial charge in [0.25, 0.3) is 0 Å². The standard InChI is InChI=1S/C15H25ClN2O2/c1-6-11-14(16)12(18(9-4)17-11)10-13(19)15(7-2,8-3)20-5/h6-10H2,1-5H3. The van der Waals surface area contributed by atoms with E-state index in [1.807, 2.05) is 32.4 Å². The van der Waals surface area contributed by atoms with Gasteiger partial charge in [0, 0.05) is 13.7 Å². The van der Waals surface area contributed by atoms with E-state index < -0.39 is 5.60 Å². The Labute approximate surface area is 126 Å². The summed E-state index contributed by atoms with van der Waals surface area (Å²) < 4.78 is 7.32. The number of ketones is 1. The predicted molar refractivity (Wildman–Crippen MR) is 81.3 cm³/mol. The normalized spacial score (nSPS) is 11.9. The average molecular weight is 301 g/mol. The van der Waals surface area contributed by atoms with Gasteiger partial charge < -0.3 is 4.74 Å². The molecule has 0 bridgehead atoms. The highest BCUT2D eigenvalue weighted by Gasteiger charge is 2.35. The zero-order valence-corrected chi connectivity index (χ0v) is 13.9. The van der Waals surface area contributed by atoms with Crippen molar-refractivity contribution in [2.45, 2.75) is 65.5 Å². The second-order valence-corrected chi connectivity index (χ2v) is 5.26. The van der Waals surface area contributed by atoms with Gasteiger partial charge in [-0.25, -0.2) is 0 Å². The first-order chi connectivity index (χ1) is 9.49. The molecule has 1 rings (SSSR count). The van der Waals surface area contributed by atoms with Crippen molar-refractivity contribution in [3.63, 3.8) is 0 Å². The fraction of sp³-hybridized carbons (Fsp3) is 0.733. The number of methoxy groups -OCH3 is 1. The number of ether oxygens (including phenoxy) is 1. The molecule has 0 spiro atoms. The van der Waals surface area contributed by atoms with Crippen molar-refractivity contribution in [3.8, 4) is 0 Å². The molecule has 1 aromatic rings. The van der Waals surface area contributed by atoms with E-state index in [1.54, 1.807) is 7.11 Å². The monoisotopic (exact) mass is 300 g/mol. The van der Waals surface area contributed by atoms with Gasteiger partial charge in [0.1, 0.15) is 5.60 Å². The minimum atomic E-state index is -0.710. The molecule has 0 aliphatic heterocycles. The van der Waals surface area contributed by atoms with Gasteiger partial charge in [-0.15, -0.1) is 0 Å². The molecule has 0 saturated heterocycles. The zero-order chi connectivity index (χ0) is 15.3. The number of rotatable bonds is 8. The molecule has 0 amide bonds. The van der Waals surface area contributed by atoms with Gasteiger partial charge in [-0.2, -0.15) is 5.10 Å². The summed E-state index contributed by atoms with van der Waals surface area (Å²) in [5, 5.41) is 5.08. The molecule has 0 aromatic carbocycles. The van der Waals surface area contributed by atoms with Crippen LogP contribution in [0.25, 0.3) is 0 Å². The highest BCUT2D eigenvalue weighted by molar-refractivity contribution is 6.32. The molecule has 20 heavy (non-hydrogen) atoms. The lowest BCUT2D eigenvalue weighted by molar-refractivity contribution is -0.141. The minimum Gasteiger partial charge on any atom is -0.370 e. The van der Waals surface area contributed by atoms with E-state index in [1.165, 1.54) is 0 Å². The maximum atomic E-state index is 12.6. The Bertz CT molecular complexity index is 456. The third-order valence-electron chi connectivity index (χ3n) is 4.06. The van der Waals surface area contributed by atoms with Gasteiger partial charge in [-0.1, -0.05) is 32.4 Å². The molecule has 0 atom stereocenters. The summed E-state index contributed by atoms with van der Waals surface area (Å²) in [5.74, 6) is 0.0733. The fourth-order valence-corrected chi connectivity index (χ4v) is 2.88. The van der Waals surface area contributed by atoms with E-state index in [9.17, 15) is 4.79 Å². The number of Topliss-reactive ketones (excluding diaryl/α,β-unsaturated/α-hetero) is 1. The lowest BCUT2D eigenvalue weighted by atomic mass is 9.89. The molecule has 0 aliphatic rings. The summed E-state index contributed by atoms with van der Waals surface area (Å²) in [7, 11) is 1.60. The molecule has 5 heteroatoms. The van der Waals surface area contributed by atoms with Crippen LogP contribution in [0.4, 0.5) is 0 Å². The van der Waals surface area contributed by atoms with Crippen LogP contribution in [0, 0.1) is 0 Å². The van der Waals surface area contributed by atoms with Crippen LogP contribution >= 0.6 is 11.6 Å². The number of carbonyl (C=O) groups excluding carboxylic acids is 1. The molecule has 0 fully saturated rings. The Kier molecular flexibility index (Phi) is 6.21.